The van der Waals surface area contributed by atoms with Gasteiger partial charge in [0.05, 0.1) is 0 Å². The molecule has 0 aliphatic heterocycles. The van der Waals surface area contributed by atoms with Crippen LogP contribution in [-0.4, -0.2) is 29.9 Å². The van der Waals surface area contributed by atoms with Crippen LogP contribution in [0, 0.1) is 0 Å². The molecule has 7 heteroatoms. The lowest BCUT2D eigenvalue weighted by atomic mass is 9.97. The van der Waals surface area contributed by atoms with Crippen molar-refractivity contribution in [2.24, 2.45) is 0 Å². The van der Waals surface area contributed by atoms with Crippen LogP contribution in [0.15, 0.2) is 223 Å². The number of furan rings is 1. The van der Waals surface area contributed by atoms with E-state index in [0.29, 0.717) is 34.9 Å². The molecule has 0 aliphatic rings. The minimum atomic E-state index is 0.564. The Hall–Kier alpha value is -8.94. The summed E-state index contributed by atoms with van der Waals surface area (Å²) in [6, 6.07) is 74.0. The summed E-state index contributed by atoms with van der Waals surface area (Å²) < 4.78 is 6.78. The molecule has 0 N–H and O–H groups in total. The van der Waals surface area contributed by atoms with Crippen molar-refractivity contribution in [1.82, 2.24) is 29.9 Å². The first-order chi connectivity index (χ1) is 32.2. The standard InChI is InChI=1S/C58H36N6O/c1-4-17-37(18-5-1)43-26-12-13-27-46(43)56-60-53(40-20-6-2-7-21-40)59-55(62-56)42-33-31-39(32-34-42)45-35-36-49(51-48-28-14-15-30-50(48)65-52(45)51)58-63-54(41-22-8-3-9-23-41)61-57(64-58)47-29-16-24-38-19-10-11-25-44(38)47/h1-36H. The van der Waals surface area contributed by atoms with Crippen molar-refractivity contribution in [3.05, 3.63) is 218 Å². The Morgan fingerprint density at radius 1 is 0.246 bits per heavy atom. The third kappa shape index (κ3) is 6.98. The van der Waals surface area contributed by atoms with Gasteiger partial charge in [0.1, 0.15) is 11.2 Å². The predicted molar refractivity (Wildman–Crippen MR) is 261 cm³/mol. The summed E-state index contributed by atoms with van der Waals surface area (Å²) in [5.74, 6) is 3.56. The molecule has 0 spiro atoms. The molecule has 12 rings (SSSR count). The number of hydrogen-bond donors (Lipinski definition) is 0. The monoisotopic (exact) mass is 832 g/mol. The van der Waals surface area contributed by atoms with Crippen LogP contribution in [0.25, 0.3) is 123 Å². The van der Waals surface area contributed by atoms with E-state index in [1.54, 1.807) is 0 Å². The van der Waals surface area contributed by atoms with Crippen LogP contribution in [0.5, 0.6) is 0 Å². The first-order valence-electron chi connectivity index (χ1n) is 21.5. The SMILES string of the molecule is c1ccc(-c2nc(-c3ccc(-c4ccc(-c5nc(-c6ccccc6)nc(-c6cccc7ccccc67)n5)c5c4oc4ccccc45)cc3)nc(-c3ccccc3-c3ccccc3)n2)cc1. The molecule has 0 saturated heterocycles. The molecule has 0 radical (unpaired) electrons. The molecule has 0 unspecified atom stereocenters. The second kappa shape index (κ2) is 16.1. The third-order valence-corrected chi connectivity index (χ3v) is 11.8. The fourth-order valence-electron chi connectivity index (χ4n) is 8.68. The highest BCUT2D eigenvalue weighted by atomic mass is 16.3. The van der Waals surface area contributed by atoms with Gasteiger partial charge in [-0.15, -0.1) is 0 Å². The Morgan fingerprint density at radius 3 is 1.34 bits per heavy atom. The summed E-state index contributed by atoms with van der Waals surface area (Å²) in [5.41, 5.74) is 11.0. The largest absolute Gasteiger partial charge is 0.455 e. The van der Waals surface area contributed by atoms with E-state index in [4.69, 9.17) is 34.3 Å². The van der Waals surface area contributed by atoms with Gasteiger partial charge in [0.15, 0.2) is 34.9 Å². The van der Waals surface area contributed by atoms with Crippen molar-refractivity contribution < 1.29 is 4.42 Å². The summed E-state index contributed by atoms with van der Waals surface area (Å²) in [6.07, 6.45) is 0. The van der Waals surface area contributed by atoms with E-state index in [1.165, 1.54) is 0 Å². The molecule has 3 aromatic heterocycles. The Balaban J connectivity index is 0.995. The number of hydrogen-bond acceptors (Lipinski definition) is 7. The highest BCUT2D eigenvalue weighted by Gasteiger charge is 2.22. The van der Waals surface area contributed by atoms with Crippen molar-refractivity contribution in [3.8, 4) is 90.6 Å². The van der Waals surface area contributed by atoms with Crippen LogP contribution in [0.4, 0.5) is 0 Å². The van der Waals surface area contributed by atoms with Crippen molar-refractivity contribution in [2.45, 2.75) is 0 Å². The molecule has 0 amide bonds. The van der Waals surface area contributed by atoms with E-state index >= 15 is 0 Å². The summed E-state index contributed by atoms with van der Waals surface area (Å²) in [6.45, 7) is 0. The summed E-state index contributed by atoms with van der Waals surface area (Å²) >= 11 is 0. The topological polar surface area (TPSA) is 90.5 Å². The van der Waals surface area contributed by atoms with Crippen LogP contribution < -0.4 is 0 Å². The molecule has 65 heavy (non-hydrogen) atoms. The first-order valence-corrected chi connectivity index (χ1v) is 21.5. The van der Waals surface area contributed by atoms with Crippen molar-refractivity contribution in [3.63, 3.8) is 0 Å². The lowest BCUT2D eigenvalue weighted by molar-refractivity contribution is 0.670. The van der Waals surface area contributed by atoms with E-state index in [-0.39, 0.29) is 0 Å². The number of para-hydroxylation sites is 1. The fraction of sp³-hybridized carbons (Fsp3) is 0. The van der Waals surface area contributed by atoms with Gasteiger partial charge in [-0.25, -0.2) is 29.9 Å². The average Bonchev–Trinajstić information content (AvgIpc) is 3.79. The van der Waals surface area contributed by atoms with Crippen LogP contribution in [0.2, 0.25) is 0 Å². The molecule has 0 fully saturated rings. The van der Waals surface area contributed by atoms with E-state index in [1.807, 2.05) is 121 Å². The molecule has 304 valence electrons. The van der Waals surface area contributed by atoms with Gasteiger partial charge in [-0.05, 0) is 45.7 Å². The van der Waals surface area contributed by atoms with Gasteiger partial charge >= 0.3 is 0 Å². The van der Waals surface area contributed by atoms with Gasteiger partial charge in [-0.2, -0.15) is 0 Å². The van der Waals surface area contributed by atoms with Crippen LogP contribution in [0.1, 0.15) is 0 Å². The fourth-order valence-corrected chi connectivity index (χ4v) is 8.68. The Labute approximate surface area is 374 Å². The molecule has 0 saturated carbocycles. The van der Waals surface area contributed by atoms with Crippen LogP contribution in [-0.2, 0) is 0 Å². The highest BCUT2D eigenvalue weighted by molar-refractivity contribution is 6.16. The Bertz CT molecular complexity index is 3700. The minimum Gasteiger partial charge on any atom is -0.455 e. The van der Waals surface area contributed by atoms with Gasteiger partial charge in [0.25, 0.3) is 0 Å². The third-order valence-electron chi connectivity index (χ3n) is 11.8. The summed E-state index contributed by atoms with van der Waals surface area (Å²) in [7, 11) is 0. The summed E-state index contributed by atoms with van der Waals surface area (Å²) in [4.78, 5) is 30.7. The molecule has 0 bridgehead atoms. The molecule has 0 atom stereocenters. The second-order valence-corrected chi connectivity index (χ2v) is 15.8. The minimum absolute atomic E-state index is 0.564. The lowest BCUT2D eigenvalue weighted by Gasteiger charge is -2.13. The average molecular weight is 833 g/mol. The summed E-state index contributed by atoms with van der Waals surface area (Å²) in [5, 5.41) is 4.10. The van der Waals surface area contributed by atoms with E-state index in [2.05, 4.69) is 97.1 Å². The molecule has 12 aromatic rings. The predicted octanol–water partition coefficient (Wildman–Crippen LogP) is 14.4. The zero-order valence-electron chi connectivity index (χ0n) is 34.9. The maximum Gasteiger partial charge on any atom is 0.164 e. The van der Waals surface area contributed by atoms with Gasteiger partial charge in [-0.3, -0.25) is 0 Å². The second-order valence-electron chi connectivity index (χ2n) is 15.8. The van der Waals surface area contributed by atoms with E-state index in [9.17, 15) is 0 Å². The van der Waals surface area contributed by atoms with Crippen molar-refractivity contribution >= 4 is 32.7 Å². The van der Waals surface area contributed by atoms with Crippen LogP contribution >= 0.6 is 0 Å². The number of benzene rings is 9. The van der Waals surface area contributed by atoms with Gasteiger partial charge in [0.2, 0.25) is 0 Å². The van der Waals surface area contributed by atoms with Crippen molar-refractivity contribution in [1.29, 1.82) is 0 Å². The molecule has 3 heterocycles. The normalized spacial score (nSPS) is 11.4. The lowest BCUT2D eigenvalue weighted by Crippen LogP contribution is -2.01. The number of fused-ring (bicyclic) bond motifs is 4. The molecule has 0 aliphatic carbocycles. The van der Waals surface area contributed by atoms with E-state index < -0.39 is 0 Å². The Kier molecular flexibility index (Phi) is 9.34. The maximum absolute atomic E-state index is 6.78. The quantitative estimate of drug-likeness (QED) is 0.151. The Morgan fingerprint density at radius 2 is 0.662 bits per heavy atom. The zero-order valence-corrected chi connectivity index (χ0v) is 34.9. The van der Waals surface area contributed by atoms with E-state index in [0.717, 1.165) is 88.3 Å². The molecular weight excluding hydrogens is 797 g/mol. The maximum atomic E-state index is 6.78. The van der Waals surface area contributed by atoms with Gasteiger partial charge in [-0.1, -0.05) is 200 Å². The zero-order chi connectivity index (χ0) is 43.1. The molecular formula is C58H36N6O. The smallest absolute Gasteiger partial charge is 0.164 e. The van der Waals surface area contributed by atoms with Crippen LogP contribution in [0.3, 0.4) is 0 Å². The van der Waals surface area contributed by atoms with Crippen molar-refractivity contribution in [2.75, 3.05) is 0 Å². The highest BCUT2D eigenvalue weighted by Crippen LogP contribution is 2.42. The molecule has 9 aromatic carbocycles. The molecule has 7 nitrogen and oxygen atoms in total. The number of aromatic nitrogens is 6. The van der Waals surface area contributed by atoms with Gasteiger partial charge < -0.3 is 4.42 Å². The van der Waals surface area contributed by atoms with Gasteiger partial charge in [0, 0.05) is 49.7 Å². The number of rotatable bonds is 8. The number of nitrogens with zero attached hydrogens (tertiary/aromatic N) is 6. The first kappa shape index (κ1) is 37.8.